The molecule has 2 aliphatic rings. The van der Waals surface area contributed by atoms with Crippen LogP contribution in [0.4, 0.5) is 0 Å². The van der Waals surface area contributed by atoms with E-state index in [1.165, 1.54) is 12.8 Å². The normalized spacial score (nSPS) is 39.3. The molecule has 3 heteroatoms. The first-order valence-electron chi connectivity index (χ1n) is 5.80. The summed E-state index contributed by atoms with van der Waals surface area (Å²) < 4.78 is 6.02. The molecule has 2 atom stereocenters. The van der Waals surface area contributed by atoms with E-state index in [0.717, 1.165) is 12.8 Å². The summed E-state index contributed by atoms with van der Waals surface area (Å²) in [5.74, 6) is -1.06. The van der Waals surface area contributed by atoms with Crippen molar-refractivity contribution in [3.05, 3.63) is 0 Å². The molecule has 1 N–H and O–H groups in total. The van der Waals surface area contributed by atoms with Gasteiger partial charge in [-0.3, -0.25) is 4.79 Å². The lowest BCUT2D eigenvalue weighted by Gasteiger charge is -2.21. The predicted molar refractivity (Wildman–Crippen MR) is 56.7 cm³/mol. The van der Waals surface area contributed by atoms with Crippen LogP contribution in [0.1, 0.15) is 46.5 Å². The average Bonchev–Trinajstić information content (AvgIpc) is 2.51. The SMILES string of the molecule is CC1(C)C(C(=O)O)C1(C)OC1CCCC1. The second-order valence-corrected chi connectivity index (χ2v) is 5.62. The van der Waals surface area contributed by atoms with Gasteiger partial charge in [-0.1, -0.05) is 26.7 Å². The Morgan fingerprint density at radius 1 is 1.27 bits per heavy atom. The molecule has 2 fully saturated rings. The zero-order chi connectivity index (χ0) is 11.3. The molecule has 15 heavy (non-hydrogen) atoms. The standard InChI is InChI=1S/C12H20O3/c1-11(2)9(10(13)14)12(11,3)15-8-6-4-5-7-8/h8-9H,4-7H2,1-3H3,(H,13,14). The van der Waals surface area contributed by atoms with Crippen molar-refractivity contribution in [3.8, 4) is 0 Å². The summed E-state index contributed by atoms with van der Waals surface area (Å²) in [6, 6.07) is 0. The highest BCUT2D eigenvalue weighted by Gasteiger charge is 2.73. The van der Waals surface area contributed by atoms with Gasteiger partial charge in [-0.05, 0) is 19.8 Å². The quantitative estimate of drug-likeness (QED) is 0.781. The van der Waals surface area contributed by atoms with Crippen molar-refractivity contribution in [1.29, 1.82) is 0 Å². The van der Waals surface area contributed by atoms with Crippen molar-refractivity contribution in [2.45, 2.75) is 58.2 Å². The van der Waals surface area contributed by atoms with Gasteiger partial charge in [-0.15, -0.1) is 0 Å². The van der Waals surface area contributed by atoms with E-state index in [2.05, 4.69) is 0 Å². The number of hydrogen-bond donors (Lipinski definition) is 1. The largest absolute Gasteiger partial charge is 0.481 e. The van der Waals surface area contributed by atoms with E-state index in [1.807, 2.05) is 20.8 Å². The maximum atomic E-state index is 11.1. The first kappa shape index (κ1) is 10.9. The van der Waals surface area contributed by atoms with Gasteiger partial charge in [-0.25, -0.2) is 0 Å². The molecule has 86 valence electrons. The molecule has 0 saturated heterocycles. The van der Waals surface area contributed by atoms with E-state index in [1.54, 1.807) is 0 Å². The number of rotatable bonds is 3. The van der Waals surface area contributed by atoms with E-state index in [0.29, 0.717) is 6.10 Å². The predicted octanol–water partition coefficient (Wildman–Crippen LogP) is 2.44. The van der Waals surface area contributed by atoms with Crippen LogP contribution < -0.4 is 0 Å². The summed E-state index contributed by atoms with van der Waals surface area (Å²) in [7, 11) is 0. The fourth-order valence-electron chi connectivity index (χ4n) is 3.06. The Labute approximate surface area is 90.8 Å². The van der Waals surface area contributed by atoms with Crippen LogP contribution in [0.5, 0.6) is 0 Å². The molecule has 0 bridgehead atoms. The van der Waals surface area contributed by atoms with E-state index in [-0.39, 0.29) is 11.3 Å². The second kappa shape index (κ2) is 3.21. The summed E-state index contributed by atoms with van der Waals surface area (Å²) in [5, 5.41) is 9.12. The van der Waals surface area contributed by atoms with Crippen LogP contribution in [0.2, 0.25) is 0 Å². The molecule has 2 saturated carbocycles. The van der Waals surface area contributed by atoms with Crippen LogP contribution in [0, 0.1) is 11.3 Å². The van der Waals surface area contributed by atoms with Gasteiger partial charge in [-0.2, -0.15) is 0 Å². The minimum Gasteiger partial charge on any atom is -0.481 e. The monoisotopic (exact) mass is 212 g/mol. The molecule has 0 aliphatic heterocycles. The summed E-state index contributed by atoms with van der Waals surface area (Å²) >= 11 is 0. The summed E-state index contributed by atoms with van der Waals surface area (Å²) in [4.78, 5) is 11.1. The number of ether oxygens (including phenoxy) is 1. The Morgan fingerprint density at radius 2 is 1.80 bits per heavy atom. The van der Waals surface area contributed by atoms with Gasteiger partial charge in [0.2, 0.25) is 0 Å². The lowest BCUT2D eigenvalue weighted by molar-refractivity contribution is -0.141. The van der Waals surface area contributed by atoms with Crippen LogP contribution in [0.15, 0.2) is 0 Å². The van der Waals surface area contributed by atoms with Crippen LogP contribution in [0.25, 0.3) is 0 Å². The zero-order valence-corrected chi connectivity index (χ0v) is 9.75. The Balaban J connectivity index is 2.04. The molecule has 2 aliphatic carbocycles. The van der Waals surface area contributed by atoms with Gasteiger partial charge >= 0.3 is 5.97 Å². The Hall–Kier alpha value is -0.570. The third kappa shape index (κ3) is 1.48. The number of carboxylic acids is 1. The van der Waals surface area contributed by atoms with Gasteiger partial charge in [0.05, 0.1) is 17.6 Å². The second-order valence-electron chi connectivity index (χ2n) is 5.62. The number of hydrogen-bond acceptors (Lipinski definition) is 2. The van der Waals surface area contributed by atoms with Gasteiger partial charge in [0.1, 0.15) is 0 Å². The highest BCUT2D eigenvalue weighted by molar-refractivity contribution is 5.77. The smallest absolute Gasteiger partial charge is 0.310 e. The number of carboxylic acid groups (broad SMARTS) is 1. The van der Waals surface area contributed by atoms with Crippen molar-refractivity contribution in [1.82, 2.24) is 0 Å². The van der Waals surface area contributed by atoms with Crippen molar-refractivity contribution < 1.29 is 14.6 Å². The van der Waals surface area contributed by atoms with Crippen LogP contribution in [-0.4, -0.2) is 22.8 Å². The van der Waals surface area contributed by atoms with Gasteiger partial charge in [0.25, 0.3) is 0 Å². The highest BCUT2D eigenvalue weighted by Crippen LogP contribution is 2.64. The first-order chi connectivity index (χ1) is 6.89. The molecule has 0 heterocycles. The molecule has 0 aromatic rings. The van der Waals surface area contributed by atoms with Crippen LogP contribution in [-0.2, 0) is 9.53 Å². The van der Waals surface area contributed by atoms with E-state index < -0.39 is 11.6 Å². The van der Waals surface area contributed by atoms with Gasteiger partial charge in [0, 0.05) is 5.41 Å². The molecular weight excluding hydrogens is 192 g/mol. The summed E-state index contributed by atoms with van der Waals surface area (Å²) in [6.45, 7) is 5.92. The topological polar surface area (TPSA) is 46.5 Å². The van der Waals surface area contributed by atoms with Crippen molar-refractivity contribution in [3.63, 3.8) is 0 Å². The summed E-state index contributed by atoms with van der Waals surface area (Å²) in [6.07, 6.45) is 4.92. The molecule has 0 amide bonds. The first-order valence-corrected chi connectivity index (χ1v) is 5.80. The Bertz CT molecular complexity index is 279. The number of carbonyl (C=O) groups is 1. The fraction of sp³-hybridized carbons (Fsp3) is 0.917. The maximum Gasteiger partial charge on any atom is 0.310 e. The zero-order valence-electron chi connectivity index (χ0n) is 9.75. The Kier molecular flexibility index (Phi) is 2.34. The Morgan fingerprint density at radius 3 is 2.20 bits per heavy atom. The van der Waals surface area contributed by atoms with Crippen LogP contribution >= 0.6 is 0 Å². The highest BCUT2D eigenvalue weighted by atomic mass is 16.5. The van der Waals surface area contributed by atoms with Crippen LogP contribution in [0.3, 0.4) is 0 Å². The molecule has 0 aromatic carbocycles. The lowest BCUT2D eigenvalue weighted by atomic mass is 10.1. The average molecular weight is 212 g/mol. The fourth-order valence-corrected chi connectivity index (χ4v) is 3.06. The molecule has 0 aromatic heterocycles. The maximum absolute atomic E-state index is 11.1. The van der Waals surface area contributed by atoms with E-state index in [9.17, 15) is 4.79 Å². The minimum atomic E-state index is -0.722. The van der Waals surface area contributed by atoms with Crippen molar-refractivity contribution >= 4 is 5.97 Å². The molecule has 0 radical (unpaired) electrons. The molecule has 2 unspecified atom stereocenters. The number of aliphatic carboxylic acids is 1. The molecular formula is C12H20O3. The van der Waals surface area contributed by atoms with Gasteiger partial charge < -0.3 is 9.84 Å². The lowest BCUT2D eigenvalue weighted by Crippen LogP contribution is -2.24. The minimum absolute atomic E-state index is 0.221. The van der Waals surface area contributed by atoms with E-state index >= 15 is 0 Å². The van der Waals surface area contributed by atoms with Crippen molar-refractivity contribution in [2.24, 2.45) is 11.3 Å². The van der Waals surface area contributed by atoms with E-state index in [4.69, 9.17) is 9.84 Å². The third-order valence-electron chi connectivity index (χ3n) is 4.43. The summed E-state index contributed by atoms with van der Waals surface area (Å²) in [5.41, 5.74) is -0.671. The molecule has 3 nitrogen and oxygen atoms in total. The molecule has 2 rings (SSSR count). The third-order valence-corrected chi connectivity index (χ3v) is 4.43. The molecule has 0 spiro atoms. The van der Waals surface area contributed by atoms with Crippen molar-refractivity contribution in [2.75, 3.05) is 0 Å². The van der Waals surface area contributed by atoms with Gasteiger partial charge in [0.15, 0.2) is 0 Å².